The molecule has 5 heteroatoms. The highest BCUT2D eigenvalue weighted by atomic mass is 32.1. The molecule has 1 aromatic heterocycles. The number of nitrogens with zero attached hydrogens (tertiary/aromatic N) is 1. The fourth-order valence-electron chi connectivity index (χ4n) is 1.38. The molecule has 0 fully saturated rings. The Hall–Kier alpha value is -0.940. The quantitative estimate of drug-likeness (QED) is 0.720. The Kier molecular flexibility index (Phi) is 6.03. The molecule has 0 aliphatic rings. The van der Waals surface area contributed by atoms with Gasteiger partial charge in [0, 0.05) is 11.8 Å². The molecule has 4 nitrogen and oxygen atoms in total. The van der Waals surface area contributed by atoms with E-state index >= 15 is 0 Å². The molecule has 3 N–H and O–H groups in total. The van der Waals surface area contributed by atoms with E-state index in [4.69, 9.17) is 5.73 Å². The van der Waals surface area contributed by atoms with Crippen LogP contribution in [0.5, 0.6) is 0 Å². The lowest BCUT2D eigenvalue weighted by Crippen LogP contribution is -2.10. The first-order valence-electron chi connectivity index (χ1n) is 5.64. The molecule has 0 aromatic carbocycles. The van der Waals surface area contributed by atoms with E-state index in [9.17, 15) is 4.79 Å². The van der Waals surface area contributed by atoms with Crippen molar-refractivity contribution < 1.29 is 4.79 Å². The summed E-state index contributed by atoms with van der Waals surface area (Å²) in [7, 11) is 0. The van der Waals surface area contributed by atoms with Crippen LogP contribution >= 0.6 is 11.3 Å². The third kappa shape index (κ3) is 5.23. The van der Waals surface area contributed by atoms with Gasteiger partial charge < -0.3 is 11.1 Å². The van der Waals surface area contributed by atoms with Crippen LogP contribution in [0.3, 0.4) is 0 Å². The molecule has 90 valence electrons. The molecule has 0 aliphatic carbocycles. The Morgan fingerprint density at radius 1 is 1.44 bits per heavy atom. The number of nitrogens with two attached hydrogens (primary N) is 1. The Morgan fingerprint density at radius 2 is 2.19 bits per heavy atom. The minimum absolute atomic E-state index is 0.0575. The first kappa shape index (κ1) is 13.1. The van der Waals surface area contributed by atoms with E-state index in [0.717, 1.165) is 37.9 Å². The molecule has 0 bridgehead atoms. The van der Waals surface area contributed by atoms with Gasteiger partial charge in [0.2, 0.25) is 5.91 Å². The molecular formula is C11H19N3OS. The topological polar surface area (TPSA) is 68.0 Å². The first-order chi connectivity index (χ1) is 7.72. The van der Waals surface area contributed by atoms with Gasteiger partial charge in [-0.1, -0.05) is 12.8 Å². The number of anilines is 1. The summed E-state index contributed by atoms with van der Waals surface area (Å²) in [4.78, 5) is 15.7. The van der Waals surface area contributed by atoms with Crippen LogP contribution in [0.2, 0.25) is 0 Å². The maximum absolute atomic E-state index is 11.5. The van der Waals surface area contributed by atoms with Gasteiger partial charge in [0.1, 0.15) is 0 Å². The van der Waals surface area contributed by atoms with Crippen LogP contribution in [0.25, 0.3) is 0 Å². The summed E-state index contributed by atoms with van der Waals surface area (Å²) >= 11 is 1.47. The zero-order chi connectivity index (χ0) is 11.8. The van der Waals surface area contributed by atoms with E-state index in [1.165, 1.54) is 11.3 Å². The summed E-state index contributed by atoms with van der Waals surface area (Å²) in [6.45, 7) is 2.66. The monoisotopic (exact) mass is 241 g/mol. The highest BCUT2D eigenvalue weighted by Gasteiger charge is 2.04. The molecule has 0 saturated heterocycles. The van der Waals surface area contributed by atoms with Gasteiger partial charge in [-0.05, 0) is 26.3 Å². The number of amides is 1. The Labute approximate surface area is 100 Å². The second kappa shape index (κ2) is 7.35. The van der Waals surface area contributed by atoms with Crippen LogP contribution in [0, 0.1) is 6.92 Å². The zero-order valence-electron chi connectivity index (χ0n) is 9.66. The third-order valence-corrected chi connectivity index (χ3v) is 3.10. The van der Waals surface area contributed by atoms with Crippen molar-refractivity contribution in [2.24, 2.45) is 5.73 Å². The van der Waals surface area contributed by atoms with Gasteiger partial charge in [0.25, 0.3) is 0 Å². The van der Waals surface area contributed by atoms with Crippen LogP contribution in [-0.2, 0) is 4.79 Å². The maximum atomic E-state index is 11.5. The molecule has 0 spiro atoms. The van der Waals surface area contributed by atoms with E-state index in [1.54, 1.807) is 0 Å². The van der Waals surface area contributed by atoms with Crippen LogP contribution < -0.4 is 11.1 Å². The number of aromatic nitrogens is 1. The second-order valence-corrected chi connectivity index (χ2v) is 4.65. The summed E-state index contributed by atoms with van der Waals surface area (Å²) in [5, 5.41) is 5.42. The van der Waals surface area contributed by atoms with Crippen molar-refractivity contribution in [3.05, 3.63) is 11.1 Å². The number of hydrogen-bond donors (Lipinski definition) is 2. The van der Waals surface area contributed by atoms with Gasteiger partial charge in [-0.2, -0.15) is 0 Å². The number of hydrogen-bond acceptors (Lipinski definition) is 4. The van der Waals surface area contributed by atoms with Gasteiger partial charge in [0.15, 0.2) is 5.13 Å². The van der Waals surface area contributed by atoms with Crippen molar-refractivity contribution in [1.82, 2.24) is 4.98 Å². The number of aryl methyl sites for hydroxylation is 1. The predicted molar refractivity (Wildman–Crippen MR) is 67.6 cm³/mol. The molecule has 0 aliphatic heterocycles. The SMILES string of the molecule is Cc1csc(NC(=O)CCCCCCN)n1. The Balaban J connectivity index is 2.11. The van der Waals surface area contributed by atoms with E-state index in [-0.39, 0.29) is 5.91 Å². The number of carbonyl (C=O) groups is 1. The number of thiazole rings is 1. The average Bonchev–Trinajstić information content (AvgIpc) is 2.63. The third-order valence-electron chi connectivity index (χ3n) is 2.22. The average molecular weight is 241 g/mol. The Morgan fingerprint density at radius 3 is 2.81 bits per heavy atom. The lowest BCUT2D eigenvalue weighted by Gasteiger charge is -2.01. The number of unbranched alkanes of at least 4 members (excludes halogenated alkanes) is 3. The van der Waals surface area contributed by atoms with Crippen molar-refractivity contribution in [3.63, 3.8) is 0 Å². The van der Waals surface area contributed by atoms with Crippen molar-refractivity contribution in [3.8, 4) is 0 Å². The minimum Gasteiger partial charge on any atom is -0.330 e. The largest absolute Gasteiger partial charge is 0.330 e. The molecule has 1 rings (SSSR count). The molecule has 1 heterocycles. The summed E-state index contributed by atoms with van der Waals surface area (Å²) in [5.74, 6) is 0.0575. The number of nitrogens with one attached hydrogen (secondary N) is 1. The van der Waals surface area contributed by atoms with E-state index in [0.29, 0.717) is 11.6 Å². The minimum atomic E-state index is 0.0575. The smallest absolute Gasteiger partial charge is 0.226 e. The standard InChI is InChI=1S/C11H19N3OS/c1-9-8-16-11(13-9)14-10(15)6-4-2-3-5-7-12/h8H,2-7,12H2,1H3,(H,13,14,15). The number of carbonyl (C=O) groups excluding carboxylic acids is 1. The van der Waals surface area contributed by atoms with Crippen LogP contribution in [0.4, 0.5) is 5.13 Å². The van der Waals surface area contributed by atoms with Gasteiger partial charge in [0.05, 0.1) is 5.69 Å². The van der Waals surface area contributed by atoms with Crippen molar-refractivity contribution >= 4 is 22.4 Å². The fraction of sp³-hybridized carbons (Fsp3) is 0.636. The molecular weight excluding hydrogens is 222 g/mol. The molecule has 0 atom stereocenters. The van der Waals surface area contributed by atoms with Gasteiger partial charge in [-0.3, -0.25) is 4.79 Å². The summed E-state index contributed by atoms with van der Waals surface area (Å²) in [5.41, 5.74) is 6.34. The summed E-state index contributed by atoms with van der Waals surface area (Å²) in [6.07, 6.45) is 4.73. The number of rotatable bonds is 7. The van der Waals surface area contributed by atoms with Gasteiger partial charge in [-0.25, -0.2) is 4.98 Å². The highest BCUT2D eigenvalue weighted by molar-refractivity contribution is 7.13. The maximum Gasteiger partial charge on any atom is 0.226 e. The van der Waals surface area contributed by atoms with E-state index < -0.39 is 0 Å². The highest BCUT2D eigenvalue weighted by Crippen LogP contribution is 2.15. The molecule has 0 radical (unpaired) electrons. The van der Waals surface area contributed by atoms with Gasteiger partial charge in [-0.15, -0.1) is 11.3 Å². The molecule has 1 aromatic rings. The molecule has 16 heavy (non-hydrogen) atoms. The lowest BCUT2D eigenvalue weighted by molar-refractivity contribution is -0.116. The summed E-state index contributed by atoms with van der Waals surface area (Å²) < 4.78 is 0. The van der Waals surface area contributed by atoms with Gasteiger partial charge >= 0.3 is 0 Å². The van der Waals surface area contributed by atoms with Crippen LogP contribution in [0.15, 0.2) is 5.38 Å². The lowest BCUT2D eigenvalue weighted by atomic mass is 10.1. The fourth-order valence-corrected chi connectivity index (χ4v) is 2.08. The van der Waals surface area contributed by atoms with Crippen LogP contribution in [0.1, 0.15) is 37.8 Å². The van der Waals surface area contributed by atoms with Crippen molar-refractivity contribution in [1.29, 1.82) is 0 Å². The Bertz CT molecular complexity index is 325. The van der Waals surface area contributed by atoms with Crippen LogP contribution in [-0.4, -0.2) is 17.4 Å². The zero-order valence-corrected chi connectivity index (χ0v) is 10.5. The van der Waals surface area contributed by atoms with Crippen molar-refractivity contribution in [2.75, 3.05) is 11.9 Å². The first-order valence-corrected chi connectivity index (χ1v) is 6.52. The molecule has 1 amide bonds. The second-order valence-electron chi connectivity index (χ2n) is 3.80. The van der Waals surface area contributed by atoms with E-state index in [1.807, 2.05) is 12.3 Å². The summed E-state index contributed by atoms with van der Waals surface area (Å²) in [6, 6.07) is 0. The van der Waals surface area contributed by atoms with Crippen molar-refractivity contribution in [2.45, 2.75) is 39.0 Å². The normalized spacial score (nSPS) is 10.4. The molecule has 0 saturated carbocycles. The van der Waals surface area contributed by atoms with E-state index in [2.05, 4.69) is 10.3 Å². The predicted octanol–water partition coefficient (Wildman–Crippen LogP) is 2.30. The molecule has 0 unspecified atom stereocenters.